The number of carbonyl (C=O) groups excluding carboxylic acids is 2. The maximum absolute atomic E-state index is 12.0. The molecule has 0 aromatic heterocycles. The van der Waals surface area contributed by atoms with E-state index in [1.807, 2.05) is 31.1 Å². The van der Waals surface area contributed by atoms with Gasteiger partial charge in [-0.2, -0.15) is 0 Å². The van der Waals surface area contributed by atoms with E-state index in [4.69, 9.17) is 9.47 Å². The summed E-state index contributed by atoms with van der Waals surface area (Å²) in [6.07, 6.45) is 0. The van der Waals surface area contributed by atoms with Crippen molar-refractivity contribution < 1.29 is 19.1 Å². The number of nitrogens with one attached hydrogen (secondary N) is 1. The van der Waals surface area contributed by atoms with E-state index in [0.717, 1.165) is 5.69 Å². The van der Waals surface area contributed by atoms with Gasteiger partial charge >= 0.3 is 5.97 Å². The SMILES string of the molecule is COc1ccccc1C(=O)OCC(=O)Nc1ccc(N(C)C)cc1. The fourth-order valence-corrected chi connectivity index (χ4v) is 2.06. The minimum atomic E-state index is -0.606. The third-order valence-electron chi connectivity index (χ3n) is 3.33. The monoisotopic (exact) mass is 328 g/mol. The molecule has 126 valence electrons. The highest BCUT2D eigenvalue weighted by molar-refractivity contribution is 5.96. The lowest BCUT2D eigenvalue weighted by Gasteiger charge is -2.13. The first-order chi connectivity index (χ1) is 11.5. The molecular formula is C18H20N2O4. The number of amides is 1. The number of ether oxygens (including phenoxy) is 2. The molecule has 6 heteroatoms. The summed E-state index contributed by atoms with van der Waals surface area (Å²) >= 11 is 0. The standard InChI is InChI=1S/C18H20N2O4/c1-20(2)14-10-8-13(9-11-14)19-17(21)12-24-18(22)15-6-4-5-7-16(15)23-3/h4-11H,12H2,1-3H3,(H,19,21). The van der Waals surface area contributed by atoms with E-state index in [0.29, 0.717) is 11.4 Å². The van der Waals surface area contributed by atoms with Crippen LogP contribution in [0, 0.1) is 0 Å². The molecule has 1 N–H and O–H groups in total. The Labute approximate surface area is 141 Å². The summed E-state index contributed by atoms with van der Waals surface area (Å²) in [6, 6.07) is 14.0. The van der Waals surface area contributed by atoms with Gasteiger partial charge in [0.25, 0.3) is 5.91 Å². The van der Waals surface area contributed by atoms with Crippen molar-refractivity contribution >= 4 is 23.3 Å². The molecule has 0 bridgehead atoms. The Morgan fingerprint density at radius 2 is 1.71 bits per heavy atom. The van der Waals surface area contributed by atoms with Gasteiger partial charge in [0.2, 0.25) is 0 Å². The van der Waals surface area contributed by atoms with Crippen LogP contribution in [0.25, 0.3) is 0 Å². The van der Waals surface area contributed by atoms with Crippen LogP contribution in [0.4, 0.5) is 11.4 Å². The number of esters is 1. The first-order valence-electron chi connectivity index (χ1n) is 7.38. The number of hydrogen-bond acceptors (Lipinski definition) is 5. The number of rotatable bonds is 6. The Balaban J connectivity index is 1.89. The average molecular weight is 328 g/mol. The predicted octanol–water partition coefficient (Wildman–Crippen LogP) is 2.56. The molecule has 0 saturated heterocycles. The van der Waals surface area contributed by atoms with Crippen LogP contribution in [0.15, 0.2) is 48.5 Å². The normalized spacial score (nSPS) is 9.96. The summed E-state index contributed by atoms with van der Waals surface area (Å²) in [7, 11) is 5.34. The van der Waals surface area contributed by atoms with Gasteiger partial charge < -0.3 is 19.7 Å². The molecule has 2 rings (SSSR count). The third-order valence-corrected chi connectivity index (χ3v) is 3.33. The van der Waals surface area contributed by atoms with Gasteiger partial charge in [-0.25, -0.2) is 4.79 Å². The summed E-state index contributed by atoms with van der Waals surface area (Å²) in [4.78, 5) is 25.9. The van der Waals surface area contributed by atoms with E-state index in [1.54, 1.807) is 36.4 Å². The van der Waals surface area contributed by atoms with E-state index in [2.05, 4.69) is 5.32 Å². The second kappa shape index (κ2) is 8.01. The van der Waals surface area contributed by atoms with Crippen molar-refractivity contribution in [1.82, 2.24) is 0 Å². The van der Waals surface area contributed by atoms with E-state index in [1.165, 1.54) is 7.11 Å². The summed E-state index contributed by atoms with van der Waals surface area (Å²) in [5.74, 6) is -0.608. The van der Waals surface area contributed by atoms with E-state index >= 15 is 0 Å². The number of methoxy groups -OCH3 is 1. The van der Waals surface area contributed by atoms with Crippen LogP contribution >= 0.6 is 0 Å². The molecule has 0 radical (unpaired) electrons. The molecule has 1 amide bonds. The molecule has 2 aromatic carbocycles. The minimum absolute atomic E-state index is 0.281. The van der Waals surface area contributed by atoms with Crippen molar-refractivity contribution in [2.45, 2.75) is 0 Å². The number of anilines is 2. The predicted molar refractivity (Wildman–Crippen MR) is 92.7 cm³/mol. The Morgan fingerprint density at radius 3 is 2.33 bits per heavy atom. The molecular weight excluding hydrogens is 308 g/mol. The molecule has 0 aliphatic rings. The summed E-state index contributed by atoms with van der Waals surface area (Å²) < 4.78 is 10.1. The van der Waals surface area contributed by atoms with Gasteiger partial charge in [0.05, 0.1) is 7.11 Å². The van der Waals surface area contributed by atoms with Crippen LogP contribution in [0.1, 0.15) is 10.4 Å². The lowest BCUT2D eigenvalue weighted by Crippen LogP contribution is -2.21. The molecule has 0 aliphatic carbocycles. The lowest BCUT2D eigenvalue weighted by atomic mass is 10.2. The molecule has 0 spiro atoms. The summed E-state index contributed by atoms with van der Waals surface area (Å²) in [5.41, 5.74) is 1.94. The van der Waals surface area contributed by atoms with Crippen molar-refractivity contribution in [3.8, 4) is 5.75 Å². The molecule has 24 heavy (non-hydrogen) atoms. The number of nitrogens with zero attached hydrogens (tertiary/aromatic N) is 1. The summed E-state index contributed by atoms with van der Waals surface area (Å²) in [6.45, 7) is -0.369. The molecule has 6 nitrogen and oxygen atoms in total. The Morgan fingerprint density at radius 1 is 1.04 bits per heavy atom. The van der Waals surface area contributed by atoms with Gasteiger partial charge in [0.15, 0.2) is 6.61 Å². The second-order valence-electron chi connectivity index (χ2n) is 5.27. The third kappa shape index (κ3) is 4.49. The zero-order chi connectivity index (χ0) is 17.5. The Kier molecular flexibility index (Phi) is 5.78. The number of para-hydroxylation sites is 1. The van der Waals surface area contributed by atoms with Gasteiger partial charge in [0, 0.05) is 25.5 Å². The van der Waals surface area contributed by atoms with Crippen molar-refractivity contribution in [1.29, 1.82) is 0 Å². The Bertz CT molecular complexity index is 711. The lowest BCUT2D eigenvalue weighted by molar-refractivity contribution is -0.119. The largest absolute Gasteiger partial charge is 0.496 e. The molecule has 0 saturated carbocycles. The van der Waals surface area contributed by atoms with Gasteiger partial charge in [-0.1, -0.05) is 12.1 Å². The highest BCUT2D eigenvalue weighted by Crippen LogP contribution is 2.18. The highest BCUT2D eigenvalue weighted by Gasteiger charge is 2.14. The highest BCUT2D eigenvalue weighted by atomic mass is 16.5. The minimum Gasteiger partial charge on any atom is -0.496 e. The maximum Gasteiger partial charge on any atom is 0.342 e. The molecule has 0 aliphatic heterocycles. The maximum atomic E-state index is 12.0. The van der Waals surface area contributed by atoms with Crippen molar-refractivity contribution in [2.75, 3.05) is 38.0 Å². The van der Waals surface area contributed by atoms with Crippen molar-refractivity contribution in [3.05, 3.63) is 54.1 Å². The van der Waals surface area contributed by atoms with Crippen molar-refractivity contribution in [3.63, 3.8) is 0 Å². The smallest absolute Gasteiger partial charge is 0.342 e. The second-order valence-corrected chi connectivity index (χ2v) is 5.27. The first kappa shape index (κ1) is 17.3. The van der Waals surface area contributed by atoms with Crippen LogP contribution in [-0.2, 0) is 9.53 Å². The summed E-state index contributed by atoms with van der Waals surface area (Å²) in [5, 5.41) is 2.68. The van der Waals surface area contributed by atoms with E-state index in [-0.39, 0.29) is 12.2 Å². The van der Waals surface area contributed by atoms with Gasteiger partial charge in [0.1, 0.15) is 11.3 Å². The molecule has 0 atom stereocenters. The average Bonchev–Trinajstić information content (AvgIpc) is 2.60. The van der Waals surface area contributed by atoms with Gasteiger partial charge in [-0.3, -0.25) is 4.79 Å². The first-order valence-corrected chi connectivity index (χ1v) is 7.38. The zero-order valence-corrected chi connectivity index (χ0v) is 13.9. The van der Waals surface area contributed by atoms with Gasteiger partial charge in [-0.15, -0.1) is 0 Å². The number of hydrogen-bond donors (Lipinski definition) is 1. The molecule has 0 fully saturated rings. The van der Waals surface area contributed by atoms with Crippen LogP contribution in [-0.4, -0.2) is 39.7 Å². The molecule has 0 heterocycles. The fraction of sp³-hybridized carbons (Fsp3) is 0.222. The topological polar surface area (TPSA) is 67.9 Å². The zero-order valence-electron chi connectivity index (χ0n) is 13.9. The van der Waals surface area contributed by atoms with Crippen LogP contribution in [0.3, 0.4) is 0 Å². The van der Waals surface area contributed by atoms with Crippen molar-refractivity contribution in [2.24, 2.45) is 0 Å². The Hall–Kier alpha value is -3.02. The van der Waals surface area contributed by atoms with Crippen LogP contribution in [0.2, 0.25) is 0 Å². The van der Waals surface area contributed by atoms with E-state index < -0.39 is 11.9 Å². The number of benzene rings is 2. The fourth-order valence-electron chi connectivity index (χ4n) is 2.06. The molecule has 2 aromatic rings. The molecule has 0 unspecified atom stereocenters. The van der Waals surface area contributed by atoms with E-state index in [9.17, 15) is 9.59 Å². The van der Waals surface area contributed by atoms with Crippen LogP contribution < -0.4 is 15.0 Å². The van der Waals surface area contributed by atoms with Crippen LogP contribution in [0.5, 0.6) is 5.75 Å². The van der Waals surface area contributed by atoms with Gasteiger partial charge in [-0.05, 0) is 36.4 Å². The quantitative estimate of drug-likeness (QED) is 0.826. The number of carbonyl (C=O) groups is 2.